The van der Waals surface area contributed by atoms with E-state index in [0.29, 0.717) is 15.6 Å². The fourth-order valence-electron chi connectivity index (χ4n) is 2.01. The minimum atomic E-state index is 0.308. The van der Waals surface area contributed by atoms with E-state index in [1.165, 1.54) is 11.1 Å². The van der Waals surface area contributed by atoms with E-state index in [1.807, 2.05) is 18.2 Å². The van der Waals surface area contributed by atoms with Crippen LogP contribution in [0.4, 0.5) is 11.4 Å². The van der Waals surface area contributed by atoms with E-state index < -0.39 is 0 Å². The molecule has 19 heavy (non-hydrogen) atoms. The highest BCUT2D eigenvalue weighted by Crippen LogP contribution is 2.24. The summed E-state index contributed by atoms with van der Waals surface area (Å²) in [7, 11) is 0. The van der Waals surface area contributed by atoms with E-state index in [9.17, 15) is 0 Å². The molecular formula is C15H15ClN2S. The van der Waals surface area contributed by atoms with Gasteiger partial charge in [-0.1, -0.05) is 29.9 Å². The molecule has 0 amide bonds. The first-order valence-electron chi connectivity index (χ1n) is 5.90. The van der Waals surface area contributed by atoms with Gasteiger partial charge >= 0.3 is 0 Å². The molecule has 3 N–H and O–H groups in total. The Kier molecular flexibility index (Phi) is 4.08. The van der Waals surface area contributed by atoms with Gasteiger partial charge in [-0.2, -0.15) is 0 Å². The third kappa shape index (κ3) is 3.46. The van der Waals surface area contributed by atoms with Crippen molar-refractivity contribution >= 4 is 40.2 Å². The molecule has 0 fully saturated rings. The molecule has 98 valence electrons. The number of aryl methyl sites for hydroxylation is 2. The minimum Gasteiger partial charge on any atom is -0.389 e. The van der Waals surface area contributed by atoms with E-state index >= 15 is 0 Å². The van der Waals surface area contributed by atoms with Gasteiger partial charge in [0.2, 0.25) is 0 Å². The normalized spacial score (nSPS) is 10.3. The van der Waals surface area contributed by atoms with Crippen LogP contribution in [0.3, 0.4) is 0 Å². The Labute approximate surface area is 123 Å². The minimum absolute atomic E-state index is 0.308. The van der Waals surface area contributed by atoms with Crippen molar-refractivity contribution in [1.29, 1.82) is 0 Å². The summed E-state index contributed by atoms with van der Waals surface area (Å²) in [5.74, 6) is 0. The van der Waals surface area contributed by atoms with Crippen LogP contribution >= 0.6 is 23.8 Å². The Hall–Kier alpha value is -1.58. The number of halogens is 1. The molecule has 0 heterocycles. The predicted molar refractivity (Wildman–Crippen MR) is 86.5 cm³/mol. The fraction of sp³-hybridized carbons (Fsp3) is 0.133. The van der Waals surface area contributed by atoms with Gasteiger partial charge in [-0.05, 0) is 55.3 Å². The maximum atomic E-state index is 6.15. The SMILES string of the molecule is Cc1cc(C)cc(Nc2ccc(C(N)=S)c(Cl)c2)c1. The number of benzene rings is 2. The van der Waals surface area contributed by atoms with Crippen molar-refractivity contribution in [3.8, 4) is 0 Å². The van der Waals surface area contributed by atoms with Crippen LogP contribution in [0, 0.1) is 13.8 Å². The first-order chi connectivity index (χ1) is 8.95. The third-order valence-electron chi connectivity index (χ3n) is 2.74. The fourth-order valence-corrected chi connectivity index (χ4v) is 2.52. The summed E-state index contributed by atoms with van der Waals surface area (Å²) in [6.07, 6.45) is 0. The Balaban J connectivity index is 2.28. The van der Waals surface area contributed by atoms with E-state index in [0.717, 1.165) is 11.4 Å². The Bertz CT molecular complexity index is 618. The van der Waals surface area contributed by atoms with Crippen LogP contribution < -0.4 is 11.1 Å². The standard InChI is InChI=1S/C15H15ClN2S/c1-9-5-10(2)7-12(6-9)18-11-3-4-13(15(17)19)14(16)8-11/h3-8,18H,1-2H3,(H2,17,19). The number of nitrogens with one attached hydrogen (secondary N) is 1. The van der Waals surface area contributed by atoms with Crippen molar-refractivity contribution in [3.63, 3.8) is 0 Å². The largest absolute Gasteiger partial charge is 0.389 e. The maximum Gasteiger partial charge on any atom is 0.105 e. The van der Waals surface area contributed by atoms with Crippen molar-refractivity contribution in [2.75, 3.05) is 5.32 Å². The summed E-state index contributed by atoms with van der Waals surface area (Å²) in [6, 6.07) is 11.9. The highest BCUT2D eigenvalue weighted by Gasteiger charge is 2.05. The zero-order valence-corrected chi connectivity index (χ0v) is 12.4. The molecule has 0 aliphatic rings. The number of thiocarbonyl (C=S) groups is 1. The number of hydrogen-bond donors (Lipinski definition) is 2. The molecule has 4 heteroatoms. The van der Waals surface area contributed by atoms with Crippen LogP contribution in [0.25, 0.3) is 0 Å². The number of nitrogens with two attached hydrogens (primary N) is 1. The molecule has 0 saturated heterocycles. The molecule has 2 nitrogen and oxygen atoms in total. The molecule has 2 aromatic carbocycles. The average Bonchev–Trinajstić information content (AvgIpc) is 2.26. The molecule has 0 bridgehead atoms. The Morgan fingerprint density at radius 3 is 2.21 bits per heavy atom. The molecule has 0 aliphatic heterocycles. The topological polar surface area (TPSA) is 38.0 Å². The van der Waals surface area contributed by atoms with Crippen LogP contribution in [-0.2, 0) is 0 Å². The molecule has 0 saturated carbocycles. The van der Waals surface area contributed by atoms with Crippen LogP contribution in [0.15, 0.2) is 36.4 Å². The molecule has 0 aliphatic carbocycles. The second-order valence-corrected chi connectivity index (χ2v) is 5.41. The molecule has 0 radical (unpaired) electrons. The summed E-state index contributed by atoms with van der Waals surface area (Å²) in [5, 5.41) is 3.88. The summed E-state index contributed by atoms with van der Waals surface area (Å²) in [6.45, 7) is 4.14. The number of rotatable bonds is 3. The smallest absolute Gasteiger partial charge is 0.105 e. The lowest BCUT2D eigenvalue weighted by Crippen LogP contribution is -2.09. The van der Waals surface area contributed by atoms with Gasteiger partial charge in [0.25, 0.3) is 0 Å². The van der Waals surface area contributed by atoms with E-state index in [2.05, 4.69) is 37.4 Å². The number of anilines is 2. The van der Waals surface area contributed by atoms with Crippen LogP contribution in [-0.4, -0.2) is 4.99 Å². The average molecular weight is 291 g/mol. The van der Waals surface area contributed by atoms with Gasteiger partial charge in [-0.15, -0.1) is 0 Å². The lowest BCUT2D eigenvalue weighted by molar-refractivity contribution is 1.37. The van der Waals surface area contributed by atoms with Crippen LogP contribution in [0.1, 0.15) is 16.7 Å². The van der Waals surface area contributed by atoms with Gasteiger partial charge in [0.05, 0.1) is 5.02 Å². The van der Waals surface area contributed by atoms with Gasteiger partial charge < -0.3 is 11.1 Å². The summed E-state index contributed by atoms with van der Waals surface area (Å²) < 4.78 is 0. The second-order valence-electron chi connectivity index (χ2n) is 4.56. The molecule has 2 rings (SSSR count). The van der Waals surface area contributed by atoms with Crippen molar-refractivity contribution < 1.29 is 0 Å². The van der Waals surface area contributed by atoms with Gasteiger partial charge in [0.1, 0.15) is 4.99 Å². The highest BCUT2D eigenvalue weighted by molar-refractivity contribution is 7.80. The zero-order chi connectivity index (χ0) is 14.0. The molecule has 0 aromatic heterocycles. The molecule has 0 atom stereocenters. The molecule has 0 spiro atoms. The molecule has 0 unspecified atom stereocenters. The molecule has 2 aromatic rings. The lowest BCUT2D eigenvalue weighted by Gasteiger charge is -2.10. The van der Waals surface area contributed by atoms with Crippen molar-refractivity contribution in [3.05, 3.63) is 58.1 Å². The van der Waals surface area contributed by atoms with Crippen molar-refractivity contribution in [1.82, 2.24) is 0 Å². The first kappa shape index (κ1) is 13.8. The van der Waals surface area contributed by atoms with Crippen molar-refractivity contribution in [2.45, 2.75) is 13.8 Å². The lowest BCUT2D eigenvalue weighted by atomic mass is 10.1. The van der Waals surface area contributed by atoms with Gasteiger partial charge in [0.15, 0.2) is 0 Å². The zero-order valence-electron chi connectivity index (χ0n) is 10.8. The number of hydrogen-bond acceptors (Lipinski definition) is 2. The maximum absolute atomic E-state index is 6.15. The predicted octanol–water partition coefficient (Wildman–Crippen LogP) is 4.33. The third-order valence-corrected chi connectivity index (χ3v) is 3.28. The van der Waals surface area contributed by atoms with E-state index in [1.54, 1.807) is 0 Å². The quantitative estimate of drug-likeness (QED) is 0.826. The molecular weight excluding hydrogens is 276 g/mol. The van der Waals surface area contributed by atoms with Gasteiger partial charge in [-0.3, -0.25) is 0 Å². The second kappa shape index (κ2) is 5.59. The van der Waals surface area contributed by atoms with Crippen LogP contribution in [0.2, 0.25) is 5.02 Å². The van der Waals surface area contributed by atoms with E-state index in [-0.39, 0.29) is 0 Å². The van der Waals surface area contributed by atoms with Crippen LogP contribution in [0.5, 0.6) is 0 Å². The summed E-state index contributed by atoms with van der Waals surface area (Å²) in [4.78, 5) is 0.308. The summed E-state index contributed by atoms with van der Waals surface area (Å²) in [5.41, 5.74) is 10.7. The van der Waals surface area contributed by atoms with E-state index in [4.69, 9.17) is 29.6 Å². The van der Waals surface area contributed by atoms with Crippen molar-refractivity contribution in [2.24, 2.45) is 5.73 Å². The van der Waals surface area contributed by atoms with Gasteiger partial charge in [0, 0.05) is 16.9 Å². The Morgan fingerprint density at radius 2 is 1.68 bits per heavy atom. The first-order valence-corrected chi connectivity index (χ1v) is 6.69. The Morgan fingerprint density at radius 1 is 1.05 bits per heavy atom. The van der Waals surface area contributed by atoms with Gasteiger partial charge in [-0.25, -0.2) is 0 Å². The summed E-state index contributed by atoms with van der Waals surface area (Å²) >= 11 is 11.1. The highest BCUT2D eigenvalue weighted by atomic mass is 35.5. The monoisotopic (exact) mass is 290 g/mol.